The second kappa shape index (κ2) is 5.71. The number of anilines is 1. The first-order valence-corrected chi connectivity index (χ1v) is 11.6. The Morgan fingerprint density at radius 1 is 1.18 bits per heavy atom. The molecule has 0 radical (unpaired) electrons. The predicted molar refractivity (Wildman–Crippen MR) is 119 cm³/mol. The van der Waals surface area contributed by atoms with Gasteiger partial charge in [-0.1, -0.05) is 0 Å². The highest BCUT2D eigenvalue weighted by Gasteiger charge is 2.76. The molecule has 8 rings (SSSR count). The normalized spacial score (nSPS) is 31.0. The third kappa shape index (κ3) is 2.33. The number of aromatic nitrogens is 4. The molecule has 33 heavy (non-hydrogen) atoms. The number of fused-ring (bicyclic) bond motifs is 2. The Morgan fingerprint density at radius 3 is 2.58 bits per heavy atom. The van der Waals surface area contributed by atoms with Crippen LogP contribution in [0.2, 0.25) is 0 Å². The number of aliphatic hydroxyl groups is 1. The molecule has 1 atom stereocenters. The molecule has 2 bridgehead atoms. The number of rotatable bonds is 4. The standard InChI is InChI=1S/C25H25FN6O/c1-22(2,33)24-8-16(9-24)31(13-24)20-7-21(29-14-28-20)32-19-6-17(18(26)5-15(19)10-30-32)25(12-27)11-23(25)3-4-23/h5-7,10,14,16,33H,3-4,8-9,11,13H2,1-2H3/t16?,24?,25-/m1/s1. The Balaban J connectivity index is 1.28. The Kier molecular flexibility index (Phi) is 3.36. The fourth-order valence-electron chi connectivity index (χ4n) is 6.59. The number of nitriles is 1. The summed E-state index contributed by atoms with van der Waals surface area (Å²) >= 11 is 0. The SMILES string of the molecule is CC(C)(O)C12CC(C1)N(c1cc(-n3ncc4cc(F)c([C@]5(C#N)CC56CC6)cc43)ncn1)C2. The van der Waals surface area contributed by atoms with Gasteiger partial charge in [0.15, 0.2) is 5.82 Å². The van der Waals surface area contributed by atoms with Crippen molar-refractivity contribution in [1.82, 2.24) is 19.7 Å². The van der Waals surface area contributed by atoms with Crippen LogP contribution >= 0.6 is 0 Å². The van der Waals surface area contributed by atoms with Crippen LogP contribution in [0.1, 0.15) is 51.5 Å². The van der Waals surface area contributed by atoms with Gasteiger partial charge in [0, 0.05) is 35.0 Å². The molecular formula is C25H25FN6O. The van der Waals surface area contributed by atoms with E-state index in [9.17, 15) is 10.4 Å². The lowest BCUT2D eigenvalue weighted by molar-refractivity contribution is -0.0754. The van der Waals surface area contributed by atoms with Crippen LogP contribution in [-0.4, -0.2) is 43.0 Å². The minimum absolute atomic E-state index is 0.0177. The summed E-state index contributed by atoms with van der Waals surface area (Å²) in [5, 5.41) is 25.7. The molecule has 3 saturated carbocycles. The van der Waals surface area contributed by atoms with E-state index in [4.69, 9.17) is 0 Å². The molecule has 2 saturated heterocycles. The Morgan fingerprint density at radius 2 is 1.94 bits per heavy atom. The van der Waals surface area contributed by atoms with E-state index >= 15 is 4.39 Å². The van der Waals surface area contributed by atoms with E-state index in [2.05, 4.69) is 26.0 Å². The molecule has 0 unspecified atom stereocenters. The molecule has 1 N–H and O–H groups in total. The summed E-state index contributed by atoms with van der Waals surface area (Å²) in [4.78, 5) is 11.2. The van der Waals surface area contributed by atoms with E-state index in [0.29, 0.717) is 22.8 Å². The first-order chi connectivity index (χ1) is 15.7. The van der Waals surface area contributed by atoms with E-state index in [0.717, 1.165) is 50.0 Å². The van der Waals surface area contributed by atoms with Gasteiger partial charge in [-0.3, -0.25) is 0 Å². The highest BCUT2D eigenvalue weighted by molar-refractivity contribution is 5.82. The molecule has 1 aromatic carbocycles. The molecule has 3 aromatic rings. The summed E-state index contributed by atoms with van der Waals surface area (Å²) in [5.74, 6) is 1.09. The molecule has 8 heteroatoms. The average molecular weight is 445 g/mol. The minimum Gasteiger partial charge on any atom is -0.390 e. The van der Waals surface area contributed by atoms with Crippen LogP contribution in [0, 0.1) is 28.0 Å². The summed E-state index contributed by atoms with van der Waals surface area (Å²) in [6, 6.07) is 8.00. The molecule has 3 aliphatic carbocycles. The lowest BCUT2D eigenvalue weighted by atomic mass is 9.61. The molecule has 5 fully saturated rings. The third-order valence-electron chi connectivity index (χ3n) is 9.16. The van der Waals surface area contributed by atoms with Gasteiger partial charge in [-0.2, -0.15) is 10.4 Å². The Bertz CT molecular complexity index is 1370. The zero-order valence-electron chi connectivity index (χ0n) is 18.7. The fraction of sp³-hybridized carbons (Fsp3) is 0.520. The average Bonchev–Trinajstić information content (AvgIpc) is 3.45. The van der Waals surface area contributed by atoms with Gasteiger partial charge >= 0.3 is 0 Å². The predicted octanol–water partition coefficient (Wildman–Crippen LogP) is 3.64. The number of nitrogens with zero attached hydrogens (tertiary/aromatic N) is 6. The van der Waals surface area contributed by atoms with Crippen LogP contribution in [0.25, 0.3) is 16.7 Å². The Hall–Kier alpha value is -3.05. The molecule has 5 aliphatic rings. The lowest BCUT2D eigenvalue weighted by Crippen LogP contribution is -2.50. The van der Waals surface area contributed by atoms with Crippen molar-refractivity contribution in [1.29, 1.82) is 5.26 Å². The van der Waals surface area contributed by atoms with E-state index < -0.39 is 11.0 Å². The van der Waals surface area contributed by atoms with Crippen LogP contribution in [0.3, 0.4) is 0 Å². The van der Waals surface area contributed by atoms with E-state index in [-0.39, 0.29) is 16.6 Å². The number of hydrogen-bond acceptors (Lipinski definition) is 6. The molecule has 0 amide bonds. The van der Waals surface area contributed by atoms with Gasteiger partial charge in [-0.15, -0.1) is 0 Å². The Labute approximate surface area is 190 Å². The molecular weight excluding hydrogens is 419 g/mol. The highest BCUT2D eigenvalue weighted by atomic mass is 19.1. The molecule has 2 aliphatic heterocycles. The van der Waals surface area contributed by atoms with Gasteiger partial charge in [-0.25, -0.2) is 19.0 Å². The topological polar surface area (TPSA) is 90.9 Å². The van der Waals surface area contributed by atoms with E-state index in [1.165, 1.54) is 12.4 Å². The van der Waals surface area contributed by atoms with Crippen molar-refractivity contribution in [2.45, 2.75) is 63.0 Å². The maximum Gasteiger partial charge on any atom is 0.159 e. The zero-order valence-corrected chi connectivity index (χ0v) is 18.7. The van der Waals surface area contributed by atoms with E-state index in [1.807, 2.05) is 19.9 Å². The molecule has 2 aromatic heterocycles. The minimum atomic E-state index is -0.731. The van der Waals surface area contributed by atoms with Crippen molar-refractivity contribution >= 4 is 16.7 Å². The number of halogens is 1. The molecule has 4 heterocycles. The largest absolute Gasteiger partial charge is 0.390 e. The zero-order chi connectivity index (χ0) is 22.8. The summed E-state index contributed by atoms with van der Waals surface area (Å²) in [6.07, 6.45) is 7.82. The fourth-order valence-corrected chi connectivity index (χ4v) is 6.59. The van der Waals surface area contributed by atoms with Crippen LogP contribution in [0.4, 0.5) is 10.2 Å². The summed E-state index contributed by atoms with van der Waals surface area (Å²) < 4.78 is 16.7. The second-order valence-electron chi connectivity index (χ2n) is 11.2. The maximum absolute atomic E-state index is 15.0. The van der Waals surface area contributed by atoms with Gasteiger partial charge in [0.05, 0.1) is 28.8 Å². The van der Waals surface area contributed by atoms with Gasteiger partial charge in [-0.05, 0) is 63.5 Å². The third-order valence-corrected chi connectivity index (χ3v) is 9.16. The number of hydrogen-bond donors (Lipinski definition) is 1. The van der Waals surface area contributed by atoms with Gasteiger partial charge in [0.1, 0.15) is 18.0 Å². The smallest absolute Gasteiger partial charge is 0.159 e. The quantitative estimate of drug-likeness (QED) is 0.661. The van der Waals surface area contributed by atoms with Gasteiger partial charge in [0.25, 0.3) is 0 Å². The lowest BCUT2D eigenvalue weighted by Gasteiger charge is -2.45. The summed E-state index contributed by atoms with van der Waals surface area (Å²) in [7, 11) is 0. The van der Waals surface area contributed by atoms with Crippen molar-refractivity contribution in [2.75, 3.05) is 11.4 Å². The second-order valence-corrected chi connectivity index (χ2v) is 11.2. The van der Waals surface area contributed by atoms with Crippen molar-refractivity contribution in [3.05, 3.63) is 42.1 Å². The molecule has 1 spiro atoms. The highest BCUT2D eigenvalue weighted by Crippen LogP contribution is 2.78. The monoisotopic (exact) mass is 444 g/mol. The van der Waals surface area contributed by atoms with Gasteiger partial charge in [0.2, 0.25) is 0 Å². The summed E-state index contributed by atoms with van der Waals surface area (Å²) in [5.41, 5.74) is -0.325. The molecule has 7 nitrogen and oxygen atoms in total. The van der Waals surface area contributed by atoms with Crippen LogP contribution in [0.15, 0.2) is 30.7 Å². The van der Waals surface area contributed by atoms with Crippen LogP contribution in [0.5, 0.6) is 0 Å². The van der Waals surface area contributed by atoms with Crippen molar-refractivity contribution in [3.8, 4) is 11.9 Å². The number of benzene rings is 1. The van der Waals surface area contributed by atoms with Crippen molar-refractivity contribution in [2.24, 2.45) is 10.8 Å². The van der Waals surface area contributed by atoms with Crippen LogP contribution in [-0.2, 0) is 5.41 Å². The van der Waals surface area contributed by atoms with Crippen molar-refractivity contribution < 1.29 is 9.50 Å². The maximum atomic E-state index is 15.0. The first kappa shape index (κ1) is 19.4. The van der Waals surface area contributed by atoms with Crippen molar-refractivity contribution in [3.63, 3.8) is 0 Å². The summed E-state index contributed by atoms with van der Waals surface area (Å²) in [6.45, 7) is 4.55. The first-order valence-electron chi connectivity index (χ1n) is 11.6. The van der Waals surface area contributed by atoms with Crippen LogP contribution < -0.4 is 4.90 Å². The molecule has 168 valence electrons. The van der Waals surface area contributed by atoms with Gasteiger partial charge < -0.3 is 10.0 Å². The van der Waals surface area contributed by atoms with E-state index in [1.54, 1.807) is 16.9 Å².